The van der Waals surface area contributed by atoms with Crippen molar-refractivity contribution in [2.45, 2.75) is 13.0 Å². The Balaban J connectivity index is 1.43. The van der Waals surface area contributed by atoms with Crippen molar-refractivity contribution >= 4 is 16.8 Å². The van der Waals surface area contributed by atoms with Crippen LogP contribution in [0.5, 0.6) is 0 Å². The van der Waals surface area contributed by atoms with Gasteiger partial charge in [0.2, 0.25) is 0 Å². The van der Waals surface area contributed by atoms with Crippen molar-refractivity contribution < 1.29 is 4.79 Å². The van der Waals surface area contributed by atoms with Crippen LogP contribution in [0.15, 0.2) is 60.9 Å². The van der Waals surface area contributed by atoms with E-state index in [0.29, 0.717) is 11.7 Å². The van der Waals surface area contributed by atoms with Crippen LogP contribution in [0.2, 0.25) is 0 Å². The van der Waals surface area contributed by atoms with Crippen molar-refractivity contribution in [2.24, 2.45) is 0 Å². The molecule has 3 aromatic rings. The first-order valence-corrected chi connectivity index (χ1v) is 9.01. The largest absolute Gasteiger partial charge is 0.335 e. The van der Waals surface area contributed by atoms with E-state index in [4.69, 9.17) is 0 Å². The minimum absolute atomic E-state index is 0.0180. The van der Waals surface area contributed by atoms with Gasteiger partial charge in [-0.2, -0.15) is 0 Å². The van der Waals surface area contributed by atoms with E-state index in [0.717, 1.165) is 37.1 Å². The maximum atomic E-state index is 12.8. The van der Waals surface area contributed by atoms with Crippen LogP contribution in [0.25, 0.3) is 10.9 Å². The molecule has 1 aromatic carbocycles. The fraction of sp³-hybridized carbons (Fsp3) is 0.286. The summed E-state index contributed by atoms with van der Waals surface area (Å²) in [6, 6.07) is 16.1. The first-order valence-electron chi connectivity index (χ1n) is 9.01. The number of piperazine rings is 1. The van der Waals surface area contributed by atoms with E-state index >= 15 is 0 Å². The Morgan fingerprint density at radius 2 is 1.81 bits per heavy atom. The highest BCUT2D eigenvalue weighted by Crippen LogP contribution is 2.21. The third-order valence-corrected chi connectivity index (χ3v) is 5.13. The van der Waals surface area contributed by atoms with E-state index in [2.05, 4.69) is 27.9 Å². The van der Waals surface area contributed by atoms with Gasteiger partial charge >= 0.3 is 0 Å². The highest BCUT2D eigenvalue weighted by Gasteiger charge is 2.26. The summed E-state index contributed by atoms with van der Waals surface area (Å²) in [7, 11) is 0. The highest BCUT2D eigenvalue weighted by atomic mass is 16.2. The van der Waals surface area contributed by atoms with Gasteiger partial charge in [0.1, 0.15) is 5.69 Å². The molecular weight excluding hydrogens is 324 g/mol. The van der Waals surface area contributed by atoms with Crippen LogP contribution in [-0.4, -0.2) is 51.9 Å². The molecule has 0 aliphatic carbocycles. The SMILES string of the molecule is CC(c1cccnc1)N1CCN(C(=O)c2ccc3ccccc3n2)CC1. The lowest BCUT2D eigenvalue weighted by atomic mass is 10.1. The van der Waals surface area contributed by atoms with Crippen LogP contribution in [0.1, 0.15) is 29.0 Å². The Labute approximate surface area is 153 Å². The van der Waals surface area contributed by atoms with Gasteiger partial charge < -0.3 is 4.90 Å². The summed E-state index contributed by atoms with van der Waals surface area (Å²) in [4.78, 5) is 25.9. The first kappa shape index (κ1) is 16.7. The van der Waals surface area contributed by atoms with Gasteiger partial charge in [0.15, 0.2) is 0 Å². The Kier molecular flexibility index (Phi) is 4.63. The quantitative estimate of drug-likeness (QED) is 0.731. The molecule has 26 heavy (non-hydrogen) atoms. The Bertz CT molecular complexity index is 904. The van der Waals surface area contributed by atoms with E-state index in [1.165, 1.54) is 5.56 Å². The molecule has 1 atom stereocenters. The van der Waals surface area contributed by atoms with E-state index < -0.39 is 0 Å². The number of nitrogens with zero attached hydrogens (tertiary/aromatic N) is 4. The van der Waals surface area contributed by atoms with Crippen LogP contribution in [0.3, 0.4) is 0 Å². The van der Waals surface area contributed by atoms with Crippen molar-refractivity contribution in [1.82, 2.24) is 19.8 Å². The van der Waals surface area contributed by atoms with Crippen molar-refractivity contribution in [3.63, 3.8) is 0 Å². The van der Waals surface area contributed by atoms with Crippen molar-refractivity contribution in [2.75, 3.05) is 26.2 Å². The van der Waals surface area contributed by atoms with Gasteiger partial charge in [-0.25, -0.2) is 4.98 Å². The molecule has 0 bridgehead atoms. The van der Waals surface area contributed by atoms with Gasteiger partial charge in [-0.3, -0.25) is 14.7 Å². The third-order valence-electron chi connectivity index (χ3n) is 5.13. The average Bonchev–Trinajstić information content (AvgIpc) is 2.73. The Morgan fingerprint density at radius 3 is 2.58 bits per heavy atom. The maximum absolute atomic E-state index is 12.8. The lowest BCUT2D eigenvalue weighted by molar-refractivity contribution is 0.0577. The number of carbonyl (C=O) groups is 1. The predicted octanol–water partition coefficient (Wildman–Crippen LogP) is 3.15. The number of hydrogen-bond donors (Lipinski definition) is 0. The molecule has 0 N–H and O–H groups in total. The molecule has 5 nitrogen and oxygen atoms in total. The van der Waals surface area contributed by atoms with Crippen LogP contribution >= 0.6 is 0 Å². The predicted molar refractivity (Wildman–Crippen MR) is 102 cm³/mol. The number of amides is 1. The van der Waals surface area contributed by atoms with Gasteiger partial charge in [0.25, 0.3) is 5.91 Å². The molecule has 5 heteroatoms. The molecule has 132 valence electrons. The second kappa shape index (κ2) is 7.22. The highest BCUT2D eigenvalue weighted by molar-refractivity contribution is 5.95. The summed E-state index contributed by atoms with van der Waals surface area (Å²) >= 11 is 0. The molecule has 0 saturated carbocycles. The first-order chi connectivity index (χ1) is 12.7. The van der Waals surface area contributed by atoms with E-state index in [9.17, 15) is 4.79 Å². The molecule has 1 saturated heterocycles. The Morgan fingerprint density at radius 1 is 1.00 bits per heavy atom. The summed E-state index contributed by atoms with van der Waals surface area (Å²) in [6.07, 6.45) is 3.71. The lowest BCUT2D eigenvalue weighted by Crippen LogP contribution is -2.49. The van der Waals surface area contributed by atoms with Crippen molar-refractivity contribution in [1.29, 1.82) is 0 Å². The van der Waals surface area contributed by atoms with Gasteiger partial charge in [-0.05, 0) is 30.7 Å². The van der Waals surface area contributed by atoms with Crippen LogP contribution in [0.4, 0.5) is 0 Å². The number of benzene rings is 1. The summed E-state index contributed by atoms with van der Waals surface area (Å²) in [5.74, 6) is 0.0180. The smallest absolute Gasteiger partial charge is 0.272 e. The van der Waals surface area contributed by atoms with E-state index in [1.807, 2.05) is 53.6 Å². The normalized spacial score (nSPS) is 16.6. The zero-order valence-electron chi connectivity index (χ0n) is 14.9. The number of hydrogen-bond acceptors (Lipinski definition) is 4. The molecule has 1 aliphatic heterocycles. The van der Waals surface area contributed by atoms with Gasteiger partial charge in [-0.15, -0.1) is 0 Å². The number of rotatable bonds is 3. The topological polar surface area (TPSA) is 49.3 Å². The van der Waals surface area contributed by atoms with Crippen LogP contribution in [-0.2, 0) is 0 Å². The molecule has 1 unspecified atom stereocenters. The molecule has 4 rings (SSSR count). The molecule has 0 radical (unpaired) electrons. The minimum Gasteiger partial charge on any atom is -0.335 e. The molecule has 3 heterocycles. The van der Waals surface area contributed by atoms with Gasteiger partial charge in [-0.1, -0.05) is 30.3 Å². The number of pyridine rings is 2. The summed E-state index contributed by atoms with van der Waals surface area (Å²) < 4.78 is 0. The third kappa shape index (κ3) is 3.30. The number of fused-ring (bicyclic) bond motifs is 1. The zero-order valence-corrected chi connectivity index (χ0v) is 14.9. The zero-order chi connectivity index (χ0) is 17.9. The van der Waals surface area contributed by atoms with Crippen LogP contribution < -0.4 is 0 Å². The molecule has 1 aliphatic rings. The Hall–Kier alpha value is -2.79. The average molecular weight is 346 g/mol. The monoisotopic (exact) mass is 346 g/mol. The lowest BCUT2D eigenvalue weighted by Gasteiger charge is -2.38. The van der Waals surface area contributed by atoms with Gasteiger partial charge in [0.05, 0.1) is 5.52 Å². The van der Waals surface area contributed by atoms with Crippen LogP contribution in [0, 0.1) is 0 Å². The molecule has 2 aromatic heterocycles. The minimum atomic E-state index is 0.0180. The number of para-hydroxylation sites is 1. The van der Waals surface area contributed by atoms with Gasteiger partial charge in [0, 0.05) is 50.0 Å². The standard InChI is InChI=1S/C21H22N4O/c1-16(18-6-4-10-22-15-18)24-11-13-25(14-12-24)21(26)20-9-8-17-5-2-3-7-19(17)23-20/h2-10,15-16H,11-14H2,1H3. The number of aromatic nitrogens is 2. The van der Waals surface area contributed by atoms with Crippen molar-refractivity contribution in [3.05, 3.63) is 72.2 Å². The molecule has 0 spiro atoms. The fourth-order valence-corrected chi connectivity index (χ4v) is 3.49. The maximum Gasteiger partial charge on any atom is 0.272 e. The summed E-state index contributed by atoms with van der Waals surface area (Å²) in [5.41, 5.74) is 2.60. The van der Waals surface area contributed by atoms with E-state index in [1.54, 1.807) is 6.20 Å². The molecule has 1 amide bonds. The summed E-state index contributed by atoms with van der Waals surface area (Å²) in [6.45, 7) is 5.35. The van der Waals surface area contributed by atoms with Crippen molar-refractivity contribution in [3.8, 4) is 0 Å². The molecule has 1 fully saturated rings. The second-order valence-electron chi connectivity index (χ2n) is 6.68. The fourth-order valence-electron chi connectivity index (χ4n) is 3.49. The second-order valence-corrected chi connectivity index (χ2v) is 6.68. The van der Waals surface area contributed by atoms with E-state index in [-0.39, 0.29) is 5.91 Å². The molecular formula is C21H22N4O. The summed E-state index contributed by atoms with van der Waals surface area (Å²) in [5, 5.41) is 1.05. The number of carbonyl (C=O) groups excluding carboxylic acids is 1.